The van der Waals surface area contributed by atoms with Gasteiger partial charge in [0.2, 0.25) is 0 Å². The number of nitrogens with one attached hydrogen (secondary N) is 2. The van der Waals surface area contributed by atoms with Gasteiger partial charge in [0.25, 0.3) is 11.6 Å². The quantitative estimate of drug-likeness (QED) is 0.275. The van der Waals surface area contributed by atoms with Gasteiger partial charge < -0.3 is 10.5 Å². The van der Waals surface area contributed by atoms with E-state index in [9.17, 15) is 18.8 Å². The van der Waals surface area contributed by atoms with Gasteiger partial charge in [-0.05, 0) is 35.9 Å². The lowest BCUT2D eigenvalue weighted by Gasteiger charge is -2.15. The maximum Gasteiger partial charge on any atom is 0.327 e. The molecule has 0 bridgehead atoms. The number of imidazole rings is 1. The van der Waals surface area contributed by atoms with E-state index in [1.54, 1.807) is 25.4 Å². The summed E-state index contributed by atoms with van der Waals surface area (Å²) in [7, 11) is 0. The fraction of sp³-hybridized carbons (Fsp3) is 0.200. The zero-order chi connectivity index (χ0) is 24.5. The molecule has 174 valence electrons. The molecule has 0 aliphatic rings. The maximum absolute atomic E-state index is 14.1. The molecule has 0 radical (unpaired) electrons. The smallest absolute Gasteiger partial charge is 0.327 e. The number of alkyl halides is 2. The average molecular weight is 464 g/mol. The lowest BCUT2D eigenvalue weighted by atomic mass is 10.1. The van der Waals surface area contributed by atoms with Gasteiger partial charge in [-0.2, -0.15) is 0 Å². The molecule has 3 N–H and O–H groups in total. The van der Waals surface area contributed by atoms with Gasteiger partial charge in [-0.1, -0.05) is 31.2 Å². The van der Waals surface area contributed by atoms with Gasteiger partial charge in [-0.3, -0.25) is 14.8 Å². The highest BCUT2D eigenvalue weighted by Gasteiger charge is 2.31. The Bertz CT molecular complexity index is 1370. The first-order chi connectivity index (χ1) is 16.2. The van der Waals surface area contributed by atoms with Gasteiger partial charge in [-0.25, -0.2) is 13.8 Å². The van der Waals surface area contributed by atoms with Gasteiger partial charge in [0.1, 0.15) is 0 Å². The molecule has 0 saturated heterocycles. The van der Waals surface area contributed by atoms with E-state index in [-0.39, 0.29) is 29.2 Å². The Kier molecular flexibility index (Phi) is 6.10. The van der Waals surface area contributed by atoms with Crippen molar-refractivity contribution < 1.29 is 23.5 Å². The number of benzene rings is 2. The van der Waals surface area contributed by atoms with Crippen LogP contribution in [-0.2, 0) is 5.92 Å². The predicted molar refractivity (Wildman–Crippen MR) is 123 cm³/mol. The van der Waals surface area contributed by atoms with Gasteiger partial charge in [-0.15, -0.1) is 0 Å². The summed E-state index contributed by atoms with van der Waals surface area (Å²) in [5, 5.41) is 13.4. The minimum absolute atomic E-state index is 0.0382. The second-order valence-electron chi connectivity index (χ2n) is 7.92. The van der Waals surface area contributed by atoms with Crippen LogP contribution in [0.2, 0.25) is 0 Å². The monoisotopic (exact) mass is 464 g/mol. The second kappa shape index (κ2) is 9.01. The number of nitrogens with zero attached hydrogens (tertiary/aromatic N) is 3. The van der Waals surface area contributed by atoms with E-state index in [0.29, 0.717) is 17.0 Å². The van der Waals surface area contributed by atoms with E-state index < -0.39 is 11.8 Å². The molecule has 7 nitrogen and oxygen atoms in total. The Hall–Kier alpha value is -4.14. The van der Waals surface area contributed by atoms with E-state index in [2.05, 4.69) is 20.3 Å². The third kappa shape index (κ3) is 4.36. The first-order valence-electron chi connectivity index (χ1n) is 10.7. The van der Waals surface area contributed by atoms with Crippen molar-refractivity contribution in [3.8, 4) is 22.6 Å². The topological polar surface area (TPSA) is 94.8 Å². The molecule has 0 unspecified atom stereocenters. The third-order valence-corrected chi connectivity index (χ3v) is 5.58. The van der Waals surface area contributed by atoms with Crippen LogP contribution in [0.15, 0.2) is 60.9 Å². The average Bonchev–Trinajstić information content (AvgIpc) is 3.13. The zero-order valence-corrected chi connectivity index (χ0v) is 18.9. The van der Waals surface area contributed by atoms with E-state index in [0.717, 1.165) is 16.0 Å². The number of hydrogen-bond donors (Lipinski definition) is 3. The van der Waals surface area contributed by atoms with E-state index >= 15 is 0 Å². The summed E-state index contributed by atoms with van der Waals surface area (Å²) in [5.41, 5.74) is 3.28. The molecule has 0 spiro atoms. The van der Waals surface area contributed by atoms with Gasteiger partial charge >= 0.3 is 11.7 Å². The van der Waals surface area contributed by atoms with E-state index in [4.69, 9.17) is 0 Å². The third-order valence-electron chi connectivity index (χ3n) is 5.58. The Balaban J connectivity index is 1.65. The Morgan fingerprint density at radius 1 is 1.09 bits per heavy atom. The number of aromatic nitrogens is 4. The minimum Gasteiger partial charge on any atom is -0.349 e. The highest BCUT2D eigenvalue weighted by atomic mass is 19.3. The summed E-state index contributed by atoms with van der Waals surface area (Å²) >= 11 is 0. The molecule has 2 heterocycles. The standard InChI is InChI=1S/C25H23F2N5O2/c1-4-25(26,27)19-9-6-10-20(14-19)31-24(33)22-16(3)30-23(32(22)34)18-8-5-7-17(13-18)21-15(2)28-11-12-29-21/h5-14,34H,4H2,1-3H3,(H,31,33)/p+1. The molecule has 0 aliphatic carbocycles. The molecule has 2 aromatic carbocycles. The predicted octanol–water partition coefficient (Wildman–Crippen LogP) is 5.03. The number of H-pyrrole nitrogens is 1. The number of aromatic amines is 1. The van der Waals surface area contributed by atoms with Crippen LogP contribution in [0.3, 0.4) is 0 Å². The van der Waals surface area contributed by atoms with Gasteiger partial charge in [0, 0.05) is 42.6 Å². The lowest BCUT2D eigenvalue weighted by molar-refractivity contribution is -0.896. The molecule has 0 fully saturated rings. The Labute approximate surface area is 195 Å². The minimum atomic E-state index is -3.00. The molecule has 2 aromatic heterocycles. The SMILES string of the molecule is CCC(F)(F)c1cccc(NC(=O)c2c(C)[nH]c(-c3cccc(-c4nccnc4C)c3)[n+]2O)c1. The number of amides is 1. The van der Waals surface area contributed by atoms with Crippen molar-refractivity contribution in [1.82, 2.24) is 15.0 Å². The molecular formula is C25H24F2N5O2+. The van der Waals surface area contributed by atoms with Gasteiger partial charge in [0.05, 0.1) is 17.0 Å². The summed E-state index contributed by atoms with van der Waals surface area (Å²) in [6, 6.07) is 12.8. The Morgan fingerprint density at radius 3 is 2.53 bits per heavy atom. The van der Waals surface area contributed by atoms with Crippen LogP contribution in [0.25, 0.3) is 22.6 Å². The van der Waals surface area contributed by atoms with E-state index in [1.165, 1.54) is 31.2 Å². The molecule has 0 atom stereocenters. The lowest BCUT2D eigenvalue weighted by Crippen LogP contribution is -2.39. The molecule has 0 aliphatic heterocycles. The van der Waals surface area contributed by atoms with Crippen LogP contribution in [0.4, 0.5) is 14.5 Å². The number of rotatable bonds is 6. The number of aryl methyl sites for hydroxylation is 2. The molecule has 34 heavy (non-hydrogen) atoms. The summed E-state index contributed by atoms with van der Waals surface area (Å²) in [5.74, 6) is -3.35. The second-order valence-corrected chi connectivity index (χ2v) is 7.92. The summed E-state index contributed by atoms with van der Waals surface area (Å²) in [6.45, 7) is 4.89. The van der Waals surface area contributed by atoms with Crippen molar-refractivity contribution in [2.75, 3.05) is 5.32 Å². The van der Waals surface area contributed by atoms with Crippen LogP contribution in [0, 0.1) is 13.8 Å². The molecule has 1 amide bonds. The summed E-state index contributed by atoms with van der Waals surface area (Å²) in [4.78, 5) is 24.6. The van der Waals surface area contributed by atoms with Crippen molar-refractivity contribution in [3.05, 3.63) is 83.6 Å². The van der Waals surface area contributed by atoms with Crippen molar-refractivity contribution >= 4 is 11.6 Å². The van der Waals surface area contributed by atoms with Gasteiger partial charge in [0.15, 0.2) is 5.69 Å². The fourth-order valence-electron chi connectivity index (χ4n) is 3.75. The number of hydrogen-bond acceptors (Lipinski definition) is 4. The number of anilines is 1. The Morgan fingerprint density at radius 2 is 1.79 bits per heavy atom. The van der Waals surface area contributed by atoms with Crippen LogP contribution < -0.4 is 10.0 Å². The first kappa shape index (κ1) is 23.0. The van der Waals surface area contributed by atoms with Crippen LogP contribution in [-0.4, -0.2) is 26.1 Å². The molecule has 9 heteroatoms. The molecular weight excluding hydrogens is 440 g/mol. The fourth-order valence-corrected chi connectivity index (χ4v) is 3.75. The highest BCUT2D eigenvalue weighted by Crippen LogP contribution is 2.32. The van der Waals surface area contributed by atoms with E-state index in [1.807, 2.05) is 25.1 Å². The van der Waals surface area contributed by atoms with Crippen LogP contribution in [0.5, 0.6) is 0 Å². The van der Waals surface area contributed by atoms with Crippen LogP contribution >= 0.6 is 0 Å². The summed E-state index contributed by atoms with van der Waals surface area (Å²) < 4.78 is 28.9. The zero-order valence-electron chi connectivity index (χ0n) is 18.9. The maximum atomic E-state index is 14.1. The van der Waals surface area contributed by atoms with Crippen molar-refractivity contribution in [2.45, 2.75) is 33.1 Å². The molecule has 4 aromatic rings. The largest absolute Gasteiger partial charge is 0.349 e. The molecule has 4 rings (SSSR count). The number of carbonyl (C=O) groups excluding carboxylic acids is 1. The first-order valence-corrected chi connectivity index (χ1v) is 10.7. The normalized spacial score (nSPS) is 11.4. The molecule has 0 saturated carbocycles. The van der Waals surface area contributed by atoms with Crippen molar-refractivity contribution in [3.63, 3.8) is 0 Å². The summed E-state index contributed by atoms with van der Waals surface area (Å²) in [6.07, 6.45) is 2.87. The number of carbonyl (C=O) groups is 1. The number of halogens is 2. The van der Waals surface area contributed by atoms with Crippen molar-refractivity contribution in [1.29, 1.82) is 0 Å². The van der Waals surface area contributed by atoms with Crippen LogP contribution in [0.1, 0.15) is 40.8 Å². The van der Waals surface area contributed by atoms with Crippen molar-refractivity contribution in [2.24, 2.45) is 0 Å². The highest BCUT2D eigenvalue weighted by molar-refractivity contribution is 6.02.